The number of hydrogen-bond donors (Lipinski definition) is 1. The maximum Gasteiger partial charge on any atom is 0.317 e. The van der Waals surface area contributed by atoms with Gasteiger partial charge in [-0.05, 0) is 39.9 Å². The molecule has 5 heteroatoms. The summed E-state index contributed by atoms with van der Waals surface area (Å²) in [4.78, 5) is 18.6. The molecule has 2 aliphatic heterocycles. The summed E-state index contributed by atoms with van der Waals surface area (Å²) in [5.74, 6) is 0. The molecule has 0 radical (unpaired) electrons. The van der Waals surface area contributed by atoms with Crippen LogP contribution in [0.4, 0.5) is 4.79 Å². The van der Waals surface area contributed by atoms with Gasteiger partial charge < -0.3 is 15.1 Å². The van der Waals surface area contributed by atoms with Gasteiger partial charge in [0, 0.05) is 38.8 Å². The molecule has 2 saturated heterocycles. The van der Waals surface area contributed by atoms with Crippen molar-refractivity contribution in [3.8, 4) is 0 Å². The maximum atomic E-state index is 11.7. The predicted octanol–water partition coefficient (Wildman–Crippen LogP) is 0.428. The van der Waals surface area contributed by atoms with Gasteiger partial charge >= 0.3 is 6.03 Å². The molecule has 0 aliphatic carbocycles. The van der Waals surface area contributed by atoms with Crippen molar-refractivity contribution in [2.75, 3.05) is 52.9 Å². The highest BCUT2D eigenvalue weighted by Gasteiger charge is 2.27. The molecule has 0 aromatic rings. The number of carbonyl (C=O) groups is 1. The second-order valence-corrected chi connectivity index (χ2v) is 5.39. The molecule has 0 aromatic heterocycles. The Morgan fingerprint density at radius 1 is 1.11 bits per heavy atom. The minimum Gasteiger partial charge on any atom is -0.338 e. The fourth-order valence-corrected chi connectivity index (χ4v) is 2.91. The summed E-state index contributed by atoms with van der Waals surface area (Å²) >= 11 is 0. The van der Waals surface area contributed by atoms with Gasteiger partial charge in [-0.25, -0.2) is 4.79 Å². The van der Waals surface area contributed by atoms with Crippen LogP contribution in [0.2, 0.25) is 0 Å². The predicted molar refractivity (Wildman–Crippen MR) is 72.7 cm³/mol. The van der Waals surface area contributed by atoms with Crippen LogP contribution in [-0.2, 0) is 0 Å². The Kier molecular flexibility index (Phi) is 4.83. The molecule has 0 saturated carbocycles. The van der Waals surface area contributed by atoms with Gasteiger partial charge in [-0.3, -0.25) is 4.90 Å². The molecular formula is C13H26N4O. The fourth-order valence-electron chi connectivity index (χ4n) is 2.91. The molecule has 5 nitrogen and oxygen atoms in total. The van der Waals surface area contributed by atoms with Gasteiger partial charge in [-0.1, -0.05) is 0 Å². The Morgan fingerprint density at radius 2 is 1.72 bits per heavy atom. The van der Waals surface area contributed by atoms with Crippen LogP contribution in [0.15, 0.2) is 0 Å². The van der Waals surface area contributed by atoms with Crippen molar-refractivity contribution in [2.45, 2.75) is 25.8 Å². The highest BCUT2D eigenvalue weighted by Crippen LogP contribution is 2.17. The molecule has 2 heterocycles. The van der Waals surface area contributed by atoms with Crippen LogP contribution in [0.5, 0.6) is 0 Å². The van der Waals surface area contributed by atoms with E-state index in [0.717, 1.165) is 32.2 Å². The molecule has 104 valence electrons. The number of piperazine rings is 1. The molecule has 2 aliphatic rings. The van der Waals surface area contributed by atoms with Gasteiger partial charge in [-0.15, -0.1) is 0 Å². The Hall–Kier alpha value is -0.810. The van der Waals surface area contributed by atoms with Crippen molar-refractivity contribution < 1.29 is 4.79 Å². The second-order valence-electron chi connectivity index (χ2n) is 5.39. The third-order valence-corrected chi connectivity index (χ3v) is 4.13. The van der Waals surface area contributed by atoms with Gasteiger partial charge in [0.05, 0.1) is 0 Å². The number of rotatable bonds is 2. The summed E-state index contributed by atoms with van der Waals surface area (Å²) in [6.45, 7) is 8.91. The largest absolute Gasteiger partial charge is 0.338 e. The van der Waals surface area contributed by atoms with Crippen LogP contribution in [0.25, 0.3) is 0 Å². The lowest BCUT2D eigenvalue weighted by Gasteiger charge is -2.42. The van der Waals surface area contributed by atoms with Crippen molar-refractivity contribution in [1.82, 2.24) is 20.0 Å². The van der Waals surface area contributed by atoms with E-state index >= 15 is 0 Å². The van der Waals surface area contributed by atoms with Crippen LogP contribution in [0, 0.1) is 0 Å². The standard InChI is InChI=1S/C13H26N4O/c1-3-14-13(18)17-10-8-16(9-11-17)12-4-6-15(2)7-5-12/h12H,3-11H2,1-2H3,(H,14,18). The first-order valence-electron chi connectivity index (χ1n) is 7.16. The first-order valence-corrected chi connectivity index (χ1v) is 7.16. The third-order valence-electron chi connectivity index (χ3n) is 4.13. The molecule has 2 amide bonds. The molecule has 0 unspecified atom stereocenters. The molecule has 0 aromatic carbocycles. The third kappa shape index (κ3) is 3.36. The molecule has 1 N–H and O–H groups in total. The van der Waals surface area contributed by atoms with Crippen LogP contribution in [0.1, 0.15) is 19.8 Å². The van der Waals surface area contributed by atoms with Crippen molar-refractivity contribution >= 4 is 6.03 Å². The van der Waals surface area contributed by atoms with E-state index in [4.69, 9.17) is 0 Å². The minimum absolute atomic E-state index is 0.0977. The van der Waals surface area contributed by atoms with Crippen molar-refractivity contribution in [3.63, 3.8) is 0 Å². The number of urea groups is 1. The molecule has 0 atom stereocenters. The topological polar surface area (TPSA) is 38.8 Å². The van der Waals surface area contributed by atoms with Crippen LogP contribution in [-0.4, -0.2) is 79.6 Å². The van der Waals surface area contributed by atoms with E-state index in [9.17, 15) is 4.79 Å². The van der Waals surface area contributed by atoms with Crippen LogP contribution < -0.4 is 5.32 Å². The summed E-state index contributed by atoms with van der Waals surface area (Å²) in [7, 11) is 2.20. The Bertz CT molecular complexity index is 268. The SMILES string of the molecule is CCNC(=O)N1CCN(C2CCN(C)CC2)CC1. The number of nitrogens with one attached hydrogen (secondary N) is 1. The zero-order valence-corrected chi connectivity index (χ0v) is 11.7. The Labute approximate surface area is 110 Å². The van der Waals surface area contributed by atoms with Crippen LogP contribution >= 0.6 is 0 Å². The number of likely N-dealkylation sites (tertiary alicyclic amines) is 1. The maximum absolute atomic E-state index is 11.7. The summed E-state index contributed by atoms with van der Waals surface area (Å²) in [6.07, 6.45) is 2.55. The van der Waals surface area contributed by atoms with E-state index in [-0.39, 0.29) is 6.03 Å². The summed E-state index contributed by atoms with van der Waals surface area (Å²) in [5.41, 5.74) is 0. The molecule has 2 fully saturated rings. The zero-order valence-electron chi connectivity index (χ0n) is 11.7. The van der Waals surface area contributed by atoms with E-state index in [1.807, 2.05) is 11.8 Å². The van der Waals surface area contributed by atoms with E-state index in [0.29, 0.717) is 6.54 Å². The van der Waals surface area contributed by atoms with E-state index < -0.39 is 0 Å². The number of hydrogen-bond acceptors (Lipinski definition) is 3. The smallest absolute Gasteiger partial charge is 0.317 e. The van der Waals surface area contributed by atoms with Crippen molar-refractivity contribution in [3.05, 3.63) is 0 Å². The lowest BCUT2D eigenvalue weighted by Crippen LogP contribution is -2.55. The lowest BCUT2D eigenvalue weighted by molar-refractivity contribution is 0.0750. The minimum atomic E-state index is 0.0977. The van der Waals surface area contributed by atoms with E-state index in [2.05, 4.69) is 22.2 Å². The number of carbonyl (C=O) groups excluding carboxylic acids is 1. The first kappa shape index (κ1) is 13.6. The van der Waals surface area contributed by atoms with Crippen molar-refractivity contribution in [1.29, 1.82) is 0 Å². The fraction of sp³-hybridized carbons (Fsp3) is 0.923. The van der Waals surface area contributed by atoms with Gasteiger partial charge in [0.1, 0.15) is 0 Å². The Morgan fingerprint density at radius 3 is 2.28 bits per heavy atom. The summed E-state index contributed by atoms with van der Waals surface area (Å²) in [5, 5.41) is 2.88. The van der Waals surface area contributed by atoms with Crippen LogP contribution in [0.3, 0.4) is 0 Å². The van der Waals surface area contributed by atoms with E-state index in [1.54, 1.807) is 0 Å². The monoisotopic (exact) mass is 254 g/mol. The number of piperidine rings is 1. The van der Waals surface area contributed by atoms with Crippen molar-refractivity contribution in [2.24, 2.45) is 0 Å². The molecule has 2 rings (SSSR count). The number of amides is 2. The quantitative estimate of drug-likeness (QED) is 0.776. The normalized spacial score (nSPS) is 24.2. The zero-order chi connectivity index (χ0) is 13.0. The highest BCUT2D eigenvalue weighted by atomic mass is 16.2. The average Bonchev–Trinajstić information content (AvgIpc) is 2.40. The van der Waals surface area contributed by atoms with Gasteiger partial charge in [0.25, 0.3) is 0 Å². The Balaban J connectivity index is 1.74. The molecular weight excluding hydrogens is 228 g/mol. The first-order chi connectivity index (χ1) is 8.70. The van der Waals surface area contributed by atoms with Gasteiger partial charge in [-0.2, -0.15) is 0 Å². The van der Waals surface area contributed by atoms with Gasteiger partial charge in [0.15, 0.2) is 0 Å². The van der Waals surface area contributed by atoms with E-state index in [1.165, 1.54) is 25.9 Å². The lowest BCUT2D eigenvalue weighted by atomic mass is 10.0. The summed E-state index contributed by atoms with van der Waals surface area (Å²) in [6, 6.07) is 0.832. The number of nitrogens with zero attached hydrogens (tertiary/aromatic N) is 3. The molecule has 0 spiro atoms. The second kappa shape index (κ2) is 6.38. The average molecular weight is 254 g/mol. The highest BCUT2D eigenvalue weighted by molar-refractivity contribution is 5.74. The molecule has 18 heavy (non-hydrogen) atoms. The molecule has 0 bridgehead atoms. The summed E-state index contributed by atoms with van der Waals surface area (Å²) < 4.78 is 0. The van der Waals surface area contributed by atoms with Gasteiger partial charge in [0.2, 0.25) is 0 Å².